The van der Waals surface area contributed by atoms with Crippen LogP contribution in [0, 0.1) is 0 Å². The molecule has 0 aliphatic heterocycles. The summed E-state index contributed by atoms with van der Waals surface area (Å²) in [5.41, 5.74) is 4.33. The third-order valence-electron chi connectivity index (χ3n) is 4.04. The second-order valence-electron chi connectivity index (χ2n) is 7.23. The van der Waals surface area contributed by atoms with Crippen LogP contribution in [0.5, 0.6) is 0 Å². The van der Waals surface area contributed by atoms with Crippen molar-refractivity contribution in [1.29, 1.82) is 0 Å². The van der Waals surface area contributed by atoms with Gasteiger partial charge in [0.2, 0.25) is 0 Å². The van der Waals surface area contributed by atoms with Gasteiger partial charge in [-0.3, -0.25) is 0 Å². The molecular formula is C23H35NO4S. The molecule has 0 aliphatic rings. The number of carbonyl (C=O) groups is 2. The van der Waals surface area contributed by atoms with Gasteiger partial charge in [-0.25, -0.2) is 9.59 Å². The smallest absolute Gasteiger partial charge is 0.328 e. The summed E-state index contributed by atoms with van der Waals surface area (Å²) >= 11 is 1.51. The monoisotopic (exact) mass is 421 g/mol. The Kier molecular flexibility index (Phi) is 14.5. The van der Waals surface area contributed by atoms with Gasteiger partial charge in [-0.05, 0) is 59.5 Å². The summed E-state index contributed by atoms with van der Waals surface area (Å²) in [7, 11) is 0. The van der Waals surface area contributed by atoms with Gasteiger partial charge in [0.25, 0.3) is 0 Å². The fraction of sp³-hybridized carbons (Fsp3) is 0.478. The SMILES string of the molecule is C=C(/C=C/C(=O)O)N[C@@H](CSC/C=C(\C)CC/C=C(\C)CCC=C(C)C)C(=O)O. The largest absolute Gasteiger partial charge is 0.480 e. The van der Waals surface area contributed by atoms with E-state index >= 15 is 0 Å². The summed E-state index contributed by atoms with van der Waals surface area (Å²) in [6.45, 7) is 12.1. The van der Waals surface area contributed by atoms with Gasteiger partial charge in [0.1, 0.15) is 6.04 Å². The van der Waals surface area contributed by atoms with Crippen LogP contribution in [0.4, 0.5) is 0 Å². The number of rotatable bonds is 15. The minimum Gasteiger partial charge on any atom is -0.480 e. The van der Waals surface area contributed by atoms with E-state index < -0.39 is 18.0 Å². The van der Waals surface area contributed by atoms with Crippen molar-refractivity contribution < 1.29 is 19.8 Å². The van der Waals surface area contributed by atoms with Crippen molar-refractivity contribution in [3.63, 3.8) is 0 Å². The number of hydrogen-bond donors (Lipinski definition) is 3. The van der Waals surface area contributed by atoms with Gasteiger partial charge in [-0.15, -0.1) is 0 Å². The number of allylic oxidation sites excluding steroid dienone is 6. The molecule has 0 radical (unpaired) electrons. The van der Waals surface area contributed by atoms with E-state index in [9.17, 15) is 14.7 Å². The number of carboxylic acids is 2. The highest BCUT2D eigenvalue weighted by atomic mass is 32.2. The van der Waals surface area contributed by atoms with Crippen LogP contribution in [0.25, 0.3) is 0 Å². The van der Waals surface area contributed by atoms with Crippen molar-refractivity contribution in [2.75, 3.05) is 11.5 Å². The summed E-state index contributed by atoms with van der Waals surface area (Å²) in [5.74, 6) is -0.995. The Bertz CT molecular complexity index is 670. The van der Waals surface area contributed by atoms with Gasteiger partial charge in [-0.2, -0.15) is 11.8 Å². The minimum absolute atomic E-state index is 0.263. The third-order valence-corrected chi connectivity index (χ3v) is 5.01. The molecule has 1 atom stereocenters. The average Bonchev–Trinajstić information content (AvgIpc) is 2.61. The lowest BCUT2D eigenvalue weighted by Crippen LogP contribution is -2.37. The van der Waals surface area contributed by atoms with Crippen LogP contribution >= 0.6 is 11.8 Å². The Balaban J connectivity index is 4.27. The Morgan fingerprint density at radius 1 is 0.966 bits per heavy atom. The molecule has 0 aromatic carbocycles. The quantitative estimate of drug-likeness (QED) is 0.143. The molecule has 0 bridgehead atoms. The molecule has 3 N–H and O–H groups in total. The highest BCUT2D eigenvalue weighted by molar-refractivity contribution is 7.99. The predicted octanol–water partition coefficient (Wildman–Crippen LogP) is 5.34. The number of hydrogen-bond acceptors (Lipinski definition) is 4. The molecule has 5 nitrogen and oxygen atoms in total. The van der Waals surface area contributed by atoms with Crippen LogP contribution in [0.15, 0.2) is 59.4 Å². The highest BCUT2D eigenvalue weighted by Gasteiger charge is 2.16. The van der Waals surface area contributed by atoms with Crippen LogP contribution in [0.2, 0.25) is 0 Å². The van der Waals surface area contributed by atoms with Gasteiger partial charge in [0, 0.05) is 23.3 Å². The Morgan fingerprint density at radius 2 is 1.55 bits per heavy atom. The van der Waals surface area contributed by atoms with E-state index in [-0.39, 0.29) is 5.70 Å². The number of nitrogens with one attached hydrogen (secondary N) is 1. The molecule has 0 saturated carbocycles. The molecular weight excluding hydrogens is 386 g/mol. The molecule has 0 spiro atoms. The van der Waals surface area contributed by atoms with Crippen LogP contribution in [0.1, 0.15) is 53.4 Å². The lowest BCUT2D eigenvalue weighted by atomic mass is 10.1. The van der Waals surface area contributed by atoms with E-state index in [0.29, 0.717) is 5.75 Å². The Hall–Kier alpha value is -2.21. The van der Waals surface area contributed by atoms with Crippen LogP contribution in [-0.2, 0) is 9.59 Å². The van der Waals surface area contributed by atoms with E-state index in [1.165, 1.54) is 34.6 Å². The van der Waals surface area contributed by atoms with Crippen LogP contribution < -0.4 is 5.32 Å². The fourth-order valence-corrected chi connectivity index (χ4v) is 3.34. The predicted molar refractivity (Wildman–Crippen MR) is 123 cm³/mol. The Morgan fingerprint density at radius 3 is 2.10 bits per heavy atom. The first kappa shape index (κ1) is 26.8. The van der Waals surface area contributed by atoms with Crippen molar-refractivity contribution in [3.8, 4) is 0 Å². The first-order valence-electron chi connectivity index (χ1n) is 9.73. The first-order chi connectivity index (χ1) is 13.6. The van der Waals surface area contributed by atoms with Crippen molar-refractivity contribution in [2.24, 2.45) is 0 Å². The van der Waals surface area contributed by atoms with Gasteiger partial charge in [0.05, 0.1) is 0 Å². The molecule has 0 aromatic heterocycles. The summed E-state index contributed by atoms with van der Waals surface area (Å²) in [6, 6.07) is -0.814. The van der Waals surface area contributed by atoms with Crippen molar-refractivity contribution in [1.82, 2.24) is 5.32 Å². The molecule has 0 saturated heterocycles. The first-order valence-corrected chi connectivity index (χ1v) is 10.9. The van der Waals surface area contributed by atoms with E-state index in [0.717, 1.165) is 37.5 Å². The highest BCUT2D eigenvalue weighted by Crippen LogP contribution is 2.13. The van der Waals surface area contributed by atoms with Crippen molar-refractivity contribution in [2.45, 2.75) is 59.4 Å². The lowest BCUT2D eigenvalue weighted by molar-refractivity contribution is -0.138. The second-order valence-corrected chi connectivity index (χ2v) is 8.30. The molecule has 0 aromatic rings. The molecule has 0 aliphatic carbocycles. The van der Waals surface area contributed by atoms with E-state index in [4.69, 9.17) is 5.11 Å². The third kappa shape index (κ3) is 16.4. The maximum absolute atomic E-state index is 11.3. The number of thioether (sulfide) groups is 1. The number of carboxylic acid groups (broad SMARTS) is 2. The second kappa shape index (κ2) is 15.7. The van der Waals surface area contributed by atoms with Crippen molar-refractivity contribution >= 4 is 23.7 Å². The topological polar surface area (TPSA) is 86.6 Å². The molecule has 0 fully saturated rings. The summed E-state index contributed by atoms with van der Waals surface area (Å²) in [6.07, 6.45) is 13.1. The summed E-state index contributed by atoms with van der Waals surface area (Å²) in [4.78, 5) is 21.8. The molecule has 29 heavy (non-hydrogen) atoms. The molecule has 0 amide bonds. The molecule has 162 valence electrons. The molecule has 0 heterocycles. The van der Waals surface area contributed by atoms with Crippen LogP contribution in [-0.4, -0.2) is 39.7 Å². The molecule has 0 rings (SSSR count). The zero-order valence-corrected chi connectivity index (χ0v) is 18.8. The fourth-order valence-electron chi connectivity index (χ4n) is 2.34. The average molecular weight is 422 g/mol. The molecule has 0 unspecified atom stereocenters. The summed E-state index contributed by atoms with van der Waals surface area (Å²) in [5, 5.41) is 20.6. The van der Waals surface area contributed by atoms with Gasteiger partial charge < -0.3 is 15.5 Å². The van der Waals surface area contributed by atoms with E-state index in [1.54, 1.807) is 0 Å². The summed E-state index contributed by atoms with van der Waals surface area (Å²) < 4.78 is 0. The number of aliphatic carboxylic acids is 2. The van der Waals surface area contributed by atoms with E-state index in [1.807, 2.05) is 0 Å². The maximum atomic E-state index is 11.3. The van der Waals surface area contributed by atoms with Crippen molar-refractivity contribution in [3.05, 3.63) is 59.4 Å². The van der Waals surface area contributed by atoms with E-state index in [2.05, 4.69) is 57.8 Å². The Labute approximate surface area is 179 Å². The van der Waals surface area contributed by atoms with Gasteiger partial charge >= 0.3 is 11.9 Å². The molecule has 6 heteroatoms. The zero-order chi connectivity index (χ0) is 22.2. The van der Waals surface area contributed by atoms with Gasteiger partial charge in [-0.1, -0.05) is 41.5 Å². The minimum atomic E-state index is -1.10. The zero-order valence-electron chi connectivity index (χ0n) is 18.0. The van der Waals surface area contributed by atoms with Crippen LogP contribution in [0.3, 0.4) is 0 Å². The lowest BCUT2D eigenvalue weighted by Gasteiger charge is -2.15. The maximum Gasteiger partial charge on any atom is 0.328 e. The normalized spacial score (nSPS) is 13.2. The standard InChI is InChI=1S/C23H35NO4S/c1-17(2)8-6-9-18(3)10-7-11-19(4)14-15-29-16-21(23(27)28)24-20(5)12-13-22(25)26/h8,10,12-14,21,24H,5-7,9,11,15-16H2,1-4H3,(H,25,26)(H,27,28)/b13-12+,18-10+,19-14+/t21-/m0/s1. The van der Waals surface area contributed by atoms with Gasteiger partial charge in [0.15, 0.2) is 0 Å².